The van der Waals surface area contributed by atoms with E-state index in [1.165, 1.54) is 18.2 Å². The molecule has 0 unspecified atom stereocenters. The molecule has 0 atom stereocenters. The highest BCUT2D eigenvalue weighted by atomic mass is 35.5. The van der Waals surface area contributed by atoms with Crippen LogP contribution in [-0.4, -0.2) is 17.8 Å². The van der Waals surface area contributed by atoms with Gasteiger partial charge in [0, 0.05) is 9.79 Å². The van der Waals surface area contributed by atoms with Crippen molar-refractivity contribution in [3.8, 4) is 0 Å². The Labute approximate surface area is 192 Å². The zero-order valence-electron chi connectivity index (χ0n) is 15.8. The quantitative estimate of drug-likeness (QED) is 0.387. The number of rotatable bonds is 4. The molecule has 1 aliphatic rings. The van der Waals surface area contributed by atoms with Crippen LogP contribution in [0, 0.1) is 0 Å². The summed E-state index contributed by atoms with van der Waals surface area (Å²) >= 11 is 13.8. The van der Waals surface area contributed by atoms with Gasteiger partial charge in [-0.25, -0.2) is 9.69 Å². The molecule has 4 rings (SSSR count). The molecule has 1 saturated heterocycles. The van der Waals surface area contributed by atoms with E-state index in [1.807, 2.05) is 42.5 Å². The molecule has 4 amide bonds. The van der Waals surface area contributed by atoms with Crippen molar-refractivity contribution in [1.29, 1.82) is 0 Å². The van der Waals surface area contributed by atoms with E-state index in [0.29, 0.717) is 5.56 Å². The fraction of sp³-hybridized carbons (Fsp3) is 0. The number of anilines is 1. The van der Waals surface area contributed by atoms with Gasteiger partial charge in [-0.15, -0.1) is 0 Å². The van der Waals surface area contributed by atoms with E-state index in [4.69, 9.17) is 23.2 Å². The Balaban J connectivity index is 1.62. The number of nitrogens with one attached hydrogen (secondary N) is 1. The van der Waals surface area contributed by atoms with Crippen LogP contribution in [0.5, 0.6) is 0 Å². The summed E-state index contributed by atoms with van der Waals surface area (Å²) in [5, 5.41) is 2.41. The molecule has 8 heteroatoms. The third-order valence-electron chi connectivity index (χ3n) is 4.44. The van der Waals surface area contributed by atoms with Crippen molar-refractivity contribution in [3.05, 3.63) is 94.0 Å². The first-order valence-corrected chi connectivity index (χ1v) is 10.7. The summed E-state index contributed by atoms with van der Waals surface area (Å²) in [6.45, 7) is 0. The standard InChI is InChI=1S/C23H14Cl2N2O3S/c24-18-7-4-8-19(20(18)25)27-22(29)17(21(28)26-23(27)30)13-14-9-11-16(12-10-14)31-15-5-2-1-3-6-15/h1-13H,(H,26,28,30)/b17-13+. The Bertz CT molecular complexity index is 1210. The Hall–Kier alpha value is -3.06. The van der Waals surface area contributed by atoms with Gasteiger partial charge in [0.1, 0.15) is 5.57 Å². The summed E-state index contributed by atoms with van der Waals surface area (Å²) in [7, 11) is 0. The van der Waals surface area contributed by atoms with Gasteiger partial charge in [-0.2, -0.15) is 0 Å². The van der Waals surface area contributed by atoms with Gasteiger partial charge in [-0.3, -0.25) is 14.9 Å². The molecular weight excluding hydrogens is 455 g/mol. The smallest absolute Gasteiger partial charge is 0.273 e. The van der Waals surface area contributed by atoms with Gasteiger partial charge in [0.15, 0.2) is 0 Å². The van der Waals surface area contributed by atoms with Crippen LogP contribution in [0.4, 0.5) is 10.5 Å². The van der Waals surface area contributed by atoms with E-state index in [1.54, 1.807) is 30.0 Å². The second-order valence-electron chi connectivity index (χ2n) is 6.51. The first-order valence-electron chi connectivity index (χ1n) is 9.12. The summed E-state index contributed by atoms with van der Waals surface area (Å²) in [4.78, 5) is 40.6. The lowest BCUT2D eigenvalue weighted by Crippen LogP contribution is -2.54. The molecule has 3 aromatic carbocycles. The highest BCUT2D eigenvalue weighted by molar-refractivity contribution is 7.99. The fourth-order valence-corrected chi connectivity index (χ4v) is 4.18. The van der Waals surface area contributed by atoms with Crippen LogP contribution in [0.1, 0.15) is 5.56 Å². The number of carbonyl (C=O) groups excluding carboxylic acids is 3. The monoisotopic (exact) mass is 468 g/mol. The van der Waals surface area contributed by atoms with E-state index >= 15 is 0 Å². The molecule has 1 N–H and O–H groups in total. The third-order valence-corrected chi connectivity index (χ3v) is 6.27. The molecule has 0 radical (unpaired) electrons. The average Bonchev–Trinajstić information content (AvgIpc) is 2.76. The second-order valence-corrected chi connectivity index (χ2v) is 8.45. The lowest BCUT2D eigenvalue weighted by molar-refractivity contribution is -0.122. The average molecular weight is 469 g/mol. The normalized spacial score (nSPS) is 15.4. The molecule has 3 aromatic rings. The molecule has 0 bridgehead atoms. The van der Waals surface area contributed by atoms with Crippen molar-refractivity contribution in [1.82, 2.24) is 5.32 Å². The molecule has 31 heavy (non-hydrogen) atoms. The lowest BCUT2D eigenvalue weighted by Gasteiger charge is -2.27. The number of amides is 4. The van der Waals surface area contributed by atoms with Crippen LogP contribution in [0.25, 0.3) is 6.08 Å². The van der Waals surface area contributed by atoms with Crippen LogP contribution in [0.2, 0.25) is 10.0 Å². The summed E-state index contributed by atoms with van der Waals surface area (Å²) in [5.41, 5.74) is 0.561. The molecule has 0 aliphatic carbocycles. The zero-order valence-corrected chi connectivity index (χ0v) is 18.2. The maximum atomic E-state index is 13.0. The van der Waals surface area contributed by atoms with Crippen molar-refractivity contribution in [2.24, 2.45) is 0 Å². The Morgan fingerprint density at radius 3 is 2.19 bits per heavy atom. The molecule has 154 valence electrons. The van der Waals surface area contributed by atoms with Crippen LogP contribution in [-0.2, 0) is 9.59 Å². The molecule has 0 aromatic heterocycles. The number of hydrogen-bond acceptors (Lipinski definition) is 4. The fourth-order valence-electron chi connectivity index (χ4n) is 2.96. The third kappa shape index (κ3) is 4.51. The Morgan fingerprint density at radius 2 is 1.48 bits per heavy atom. The van der Waals surface area contributed by atoms with Crippen molar-refractivity contribution in [3.63, 3.8) is 0 Å². The number of carbonyl (C=O) groups is 3. The van der Waals surface area contributed by atoms with Gasteiger partial charge in [-0.05, 0) is 48.0 Å². The van der Waals surface area contributed by atoms with E-state index in [0.717, 1.165) is 14.7 Å². The molecular formula is C23H14Cl2N2O3S. The zero-order chi connectivity index (χ0) is 22.0. The van der Waals surface area contributed by atoms with Crippen molar-refractivity contribution < 1.29 is 14.4 Å². The molecule has 1 heterocycles. The highest BCUT2D eigenvalue weighted by Crippen LogP contribution is 2.34. The summed E-state index contributed by atoms with van der Waals surface area (Å²) < 4.78 is 0. The predicted molar refractivity (Wildman–Crippen MR) is 122 cm³/mol. The first-order chi connectivity index (χ1) is 14.9. The van der Waals surface area contributed by atoms with E-state index in [9.17, 15) is 14.4 Å². The first kappa shape index (κ1) is 21.2. The number of urea groups is 1. The minimum atomic E-state index is -0.883. The van der Waals surface area contributed by atoms with E-state index < -0.39 is 17.8 Å². The second kappa shape index (κ2) is 8.98. The summed E-state index contributed by atoms with van der Waals surface area (Å²) in [6.07, 6.45) is 1.44. The number of hydrogen-bond donors (Lipinski definition) is 1. The topological polar surface area (TPSA) is 66.5 Å². The molecule has 0 saturated carbocycles. The largest absolute Gasteiger partial charge is 0.336 e. The van der Waals surface area contributed by atoms with Gasteiger partial charge < -0.3 is 0 Å². The minimum absolute atomic E-state index is 0.0451. The van der Waals surface area contributed by atoms with Crippen LogP contribution in [0.3, 0.4) is 0 Å². The minimum Gasteiger partial charge on any atom is -0.273 e. The number of barbiturate groups is 1. The maximum Gasteiger partial charge on any atom is 0.336 e. The van der Waals surface area contributed by atoms with E-state index in [2.05, 4.69) is 5.32 Å². The van der Waals surface area contributed by atoms with Gasteiger partial charge in [-0.1, -0.05) is 71.4 Å². The summed E-state index contributed by atoms with van der Waals surface area (Å²) in [5.74, 6) is -1.55. The molecule has 5 nitrogen and oxygen atoms in total. The molecule has 0 spiro atoms. The highest BCUT2D eigenvalue weighted by Gasteiger charge is 2.37. The maximum absolute atomic E-state index is 13.0. The van der Waals surface area contributed by atoms with Gasteiger partial charge >= 0.3 is 6.03 Å². The van der Waals surface area contributed by atoms with Crippen LogP contribution in [0.15, 0.2) is 88.2 Å². The SMILES string of the molecule is O=C1NC(=O)N(c2cccc(Cl)c2Cl)C(=O)/C1=C/c1ccc(Sc2ccccc2)cc1. The number of benzene rings is 3. The Morgan fingerprint density at radius 1 is 0.806 bits per heavy atom. The van der Waals surface area contributed by atoms with Crippen molar-refractivity contribution in [2.75, 3.05) is 4.90 Å². The van der Waals surface area contributed by atoms with Crippen molar-refractivity contribution >= 4 is 64.6 Å². The lowest BCUT2D eigenvalue weighted by atomic mass is 10.1. The van der Waals surface area contributed by atoms with Crippen LogP contribution < -0.4 is 10.2 Å². The van der Waals surface area contributed by atoms with Gasteiger partial charge in [0.2, 0.25) is 0 Å². The van der Waals surface area contributed by atoms with Gasteiger partial charge in [0.05, 0.1) is 15.7 Å². The predicted octanol–water partition coefficient (Wildman–Crippen LogP) is 5.81. The molecule has 1 fully saturated rings. The van der Waals surface area contributed by atoms with Gasteiger partial charge in [0.25, 0.3) is 11.8 Å². The summed E-state index contributed by atoms with van der Waals surface area (Å²) in [6, 6.07) is 21.0. The molecule has 1 aliphatic heterocycles. The van der Waals surface area contributed by atoms with E-state index in [-0.39, 0.29) is 21.3 Å². The number of imide groups is 2. The number of nitrogens with zero attached hydrogens (tertiary/aromatic N) is 1. The Kier molecular flexibility index (Phi) is 6.13. The number of halogens is 2. The van der Waals surface area contributed by atoms with Crippen LogP contribution >= 0.6 is 35.0 Å². The van der Waals surface area contributed by atoms with Crippen molar-refractivity contribution in [2.45, 2.75) is 9.79 Å².